The third-order valence-electron chi connectivity index (χ3n) is 21.1. The van der Waals surface area contributed by atoms with Gasteiger partial charge in [0.15, 0.2) is 14.2 Å². The normalized spacial score (nSPS) is 12.2. The van der Waals surface area contributed by atoms with Crippen molar-refractivity contribution in [2.75, 3.05) is 19.4 Å². The number of carbonyl (C=O) groups excluding carboxylic acids is 7. The summed E-state index contributed by atoms with van der Waals surface area (Å²) < 4.78 is 15.6. The fraction of sp³-hybridized carbons (Fsp3) is 0.243. The van der Waals surface area contributed by atoms with Crippen molar-refractivity contribution in [2.45, 2.75) is 165 Å². The lowest BCUT2D eigenvalue weighted by Gasteiger charge is -2.21. The molecule has 2 N–H and O–H groups in total. The molecule has 20 nitrogen and oxygen atoms in total. The number of para-hydroxylation sites is 1. The van der Waals surface area contributed by atoms with Crippen molar-refractivity contribution >= 4 is 150 Å². The molecule has 2 aromatic heterocycles. The van der Waals surface area contributed by atoms with Gasteiger partial charge in [-0.15, -0.1) is 0 Å². The SMILES string of the molecule is CCCCCC/C(=N/OC(=O)c1ccccc1)C(=O)c1ccc(Sc2ccccc2)cc1.CCO.CCO.CCn1c2ccc(C(=O)c3ccc4ccccc4c3)cc2c2cc(/C(C)=N/OC(C)=O)ccc21.CCn1c2ccccc2c2cc(C(CCC3CCCCC3)=NOC(C)=O)ccc21.O=PC/C(=N\OC(=O)c1ccccc1)C(=O)c1ccc(Sc2ccccc2)cc1. The number of aromatic nitrogens is 2. The van der Waals surface area contributed by atoms with Crippen molar-refractivity contribution in [1.82, 2.24) is 9.13 Å². The topological polar surface area (TPSA) is 273 Å². The maximum absolute atomic E-state index is 13.4. The van der Waals surface area contributed by atoms with Gasteiger partial charge in [0.2, 0.25) is 11.6 Å². The standard InChI is InChI=1S/C29H24N2O3.C27H27NO3S.C25H30N2O2.C22H16NO4PS.2C2H6O/c1-4-31-27-13-11-21(18(2)30-34-19(3)32)16-25(27)26-17-24(12-14-28(26)31)29(33)23-10-9-20-7-5-6-8-22(20)15-23;1-2-3-4-11-16-25(28-31-27(30)22-12-7-5-8-13-22)26(29)21-17-19-24(20-18-21)32-23-14-9-6-10-15-23;1-3-27-24-12-8-7-11-21(24)22-17-20(14-16-25(22)27)23(26-29-18(2)28)15-13-19-9-5-4-6-10-19;24-21(16-11-13-19(14-12-16)29-18-9-5-2-6-10-18)20(15-28-26)23-27-22(25)17-7-3-1-4-8-17;2*1-2-3/h5-17H,4H2,1-3H3;5-10,12-15,17-20H,2-4,11,16H2,1H3;7-8,11-12,14,16-17,19H,3-6,9-10,13,15H2,1-2H3;1-14H,15H2;2*3H,2H2,1H3/b30-18+;28-25-;;23-20+;;. The van der Waals surface area contributed by atoms with Crippen LogP contribution in [0.15, 0.2) is 331 Å². The Morgan fingerprint density at radius 2 is 0.785 bits per heavy atom. The quantitative estimate of drug-likeness (QED) is 0.0106. The molecule has 14 aromatic rings. The average molecular weight is 1800 g/mol. The fourth-order valence-electron chi connectivity index (χ4n) is 14.7. The molecule has 1 aliphatic rings. The van der Waals surface area contributed by atoms with Crippen LogP contribution < -0.4 is 0 Å². The van der Waals surface area contributed by atoms with Gasteiger partial charge in [0.05, 0.1) is 28.7 Å². The van der Waals surface area contributed by atoms with Crippen LogP contribution in [-0.4, -0.2) is 103 Å². The summed E-state index contributed by atoms with van der Waals surface area (Å²) >= 11 is 3.21. The van der Waals surface area contributed by atoms with E-state index in [2.05, 4.69) is 93.0 Å². The van der Waals surface area contributed by atoms with Crippen molar-refractivity contribution in [3.63, 3.8) is 0 Å². The first-order chi connectivity index (χ1) is 63.3. The highest BCUT2D eigenvalue weighted by molar-refractivity contribution is 7.99. The third-order valence-corrected chi connectivity index (χ3v) is 23.6. The number of nitrogens with zero attached hydrogens (tertiary/aromatic N) is 6. The van der Waals surface area contributed by atoms with Crippen LogP contribution in [-0.2, 0) is 46.6 Å². The van der Waals surface area contributed by atoms with Crippen LogP contribution in [0.25, 0.3) is 54.4 Å². The lowest BCUT2D eigenvalue weighted by Crippen LogP contribution is -2.17. The Hall–Kier alpha value is -13.2. The van der Waals surface area contributed by atoms with E-state index < -0.39 is 23.7 Å². The number of oxime groups is 4. The third kappa shape index (κ3) is 28.9. The minimum atomic E-state index is -0.687. The van der Waals surface area contributed by atoms with Crippen LogP contribution >= 0.6 is 32.0 Å². The number of aliphatic hydroxyl groups is 2. The predicted molar refractivity (Wildman–Crippen MR) is 524 cm³/mol. The molecule has 130 heavy (non-hydrogen) atoms. The first kappa shape index (κ1) is 99.0. The molecule has 0 spiro atoms. The van der Waals surface area contributed by atoms with E-state index in [4.69, 9.17) is 29.6 Å². The average Bonchev–Trinajstić information content (AvgIpc) is 1.60. The van der Waals surface area contributed by atoms with Crippen molar-refractivity contribution in [2.24, 2.45) is 26.5 Å². The summed E-state index contributed by atoms with van der Waals surface area (Å²) in [4.78, 5) is 110. The summed E-state index contributed by atoms with van der Waals surface area (Å²) in [5, 5.41) is 37.6. The van der Waals surface area contributed by atoms with Gasteiger partial charge in [0.25, 0.3) is 0 Å². The van der Waals surface area contributed by atoms with E-state index >= 15 is 0 Å². The molecule has 0 saturated heterocycles. The molecule has 12 aromatic carbocycles. The minimum Gasteiger partial charge on any atom is -0.397 e. The Kier molecular flexibility index (Phi) is 39.8. The van der Waals surface area contributed by atoms with Gasteiger partial charge in [-0.2, -0.15) is 0 Å². The molecular formula is C107H109N6O14PS2. The van der Waals surface area contributed by atoms with Gasteiger partial charge in [-0.05, 0) is 234 Å². The smallest absolute Gasteiger partial charge is 0.365 e. The molecule has 23 heteroatoms. The Balaban J connectivity index is 0.000000177. The monoisotopic (exact) mass is 1800 g/mol. The second-order valence-corrected chi connectivity index (χ2v) is 33.2. The molecule has 1 fully saturated rings. The van der Waals surface area contributed by atoms with Gasteiger partial charge in [-0.3, -0.25) is 18.9 Å². The molecule has 15 rings (SSSR count). The molecule has 0 atom stereocenters. The predicted octanol–water partition coefficient (Wildman–Crippen LogP) is 25.7. The molecular weight excluding hydrogens is 1690 g/mol. The van der Waals surface area contributed by atoms with E-state index in [1.54, 1.807) is 123 Å². The molecule has 2 heterocycles. The number of aryl methyl sites for hydroxylation is 2. The zero-order chi connectivity index (χ0) is 92.5. The Bertz CT molecular complexity index is 6270. The number of hydrogen-bond acceptors (Lipinski definition) is 20. The van der Waals surface area contributed by atoms with Crippen LogP contribution in [0.3, 0.4) is 0 Å². The minimum absolute atomic E-state index is 0.00573. The molecule has 0 bridgehead atoms. The molecule has 0 unspecified atom stereocenters. The number of carbonyl (C=O) groups is 7. The highest BCUT2D eigenvalue weighted by Gasteiger charge is 2.23. The first-order valence-electron chi connectivity index (χ1n) is 43.8. The largest absolute Gasteiger partial charge is 0.397 e. The van der Waals surface area contributed by atoms with Gasteiger partial charge < -0.3 is 38.7 Å². The zero-order valence-corrected chi connectivity index (χ0v) is 77.1. The van der Waals surface area contributed by atoms with E-state index in [9.17, 15) is 38.1 Å². The molecule has 0 aliphatic heterocycles. The lowest BCUT2D eigenvalue weighted by molar-refractivity contribution is -0.141. The van der Waals surface area contributed by atoms with Gasteiger partial charge in [-0.25, -0.2) is 19.2 Å². The highest BCUT2D eigenvalue weighted by atomic mass is 32.2. The zero-order valence-electron chi connectivity index (χ0n) is 74.6. The Morgan fingerprint density at radius 3 is 1.30 bits per heavy atom. The van der Waals surface area contributed by atoms with E-state index in [1.165, 1.54) is 67.8 Å². The number of fused-ring (bicyclic) bond motifs is 7. The second kappa shape index (κ2) is 52.3. The summed E-state index contributed by atoms with van der Waals surface area (Å²) in [7, 11) is -0.292. The number of benzene rings is 12. The number of unbranched alkanes of at least 4 members (excludes halogenated alkanes) is 3. The maximum atomic E-state index is 13.4. The van der Waals surface area contributed by atoms with Crippen LogP contribution in [0.2, 0.25) is 0 Å². The Morgan fingerprint density at radius 1 is 0.377 bits per heavy atom. The number of ketones is 3. The fourth-order valence-corrected chi connectivity index (χ4v) is 16.7. The molecule has 1 saturated carbocycles. The summed E-state index contributed by atoms with van der Waals surface area (Å²) in [5.74, 6) is -1.98. The van der Waals surface area contributed by atoms with Gasteiger partial charge in [0.1, 0.15) is 11.4 Å². The molecule has 0 amide bonds. The van der Waals surface area contributed by atoms with Gasteiger partial charge >= 0.3 is 23.9 Å². The van der Waals surface area contributed by atoms with E-state index in [1.807, 2.05) is 170 Å². The van der Waals surface area contributed by atoms with Crippen LogP contribution in [0.4, 0.5) is 0 Å². The number of hydrogen-bond donors (Lipinski definition) is 2. The van der Waals surface area contributed by atoms with Crippen molar-refractivity contribution in [1.29, 1.82) is 0 Å². The number of aliphatic hydroxyl groups excluding tert-OH is 2. The molecule has 668 valence electrons. The van der Waals surface area contributed by atoms with E-state index in [-0.39, 0.29) is 56.8 Å². The van der Waals surface area contributed by atoms with E-state index in [0.717, 1.165) is 127 Å². The summed E-state index contributed by atoms with van der Waals surface area (Å²) in [6.07, 6.45) is 12.9. The van der Waals surface area contributed by atoms with Crippen LogP contribution in [0.5, 0.6) is 0 Å². The van der Waals surface area contributed by atoms with Crippen LogP contribution in [0, 0.1) is 5.92 Å². The van der Waals surface area contributed by atoms with Crippen molar-refractivity contribution in [3.8, 4) is 0 Å². The summed E-state index contributed by atoms with van der Waals surface area (Å²) in [6.45, 7) is 16.5. The van der Waals surface area contributed by atoms with Gasteiger partial charge in [-0.1, -0.05) is 242 Å². The van der Waals surface area contributed by atoms with Crippen molar-refractivity contribution < 1.29 is 67.7 Å². The first-order valence-corrected chi connectivity index (χ1v) is 46.4. The number of rotatable bonds is 30. The number of Topliss-reactive ketones (excluding diaryl/α,β-unsaturated/α-hetero) is 2. The maximum Gasteiger partial charge on any atom is 0.365 e. The Labute approximate surface area is 769 Å². The second-order valence-electron chi connectivity index (χ2n) is 30.3. The van der Waals surface area contributed by atoms with Gasteiger partial charge in [0, 0.05) is 131 Å². The summed E-state index contributed by atoms with van der Waals surface area (Å²) in [5.41, 5.74) is 11.1. The molecule has 0 radical (unpaired) electrons. The van der Waals surface area contributed by atoms with E-state index in [0.29, 0.717) is 45.5 Å². The van der Waals surface area contributed by atoms with Crippen LogP contribution in [0.1, 0.15) is 201 Å². The summed E-state index contributed by atoms with van der Waals surface area (Å²) in [6, 6.07) is 92.2. The van der Waals surface area contributed by atoms with Crippen molar-refractivity contribution in [3.05, 3.63) is 336 Å². The molecule has 1 aliphatic carbocycles. The highest BCUT2D eigenvalue weighted by Crippen LogP contribution is 2.36. The lowest BCUT2D eigenvalue weighted by atomic mass is 9.85.